The molecule has 0 fully saturated rings. The molecule has 2 aromatic rings. The van der Waals surface area contributed by atoms with E-state index in [9.17, 15) is 4.79 Å². The van der Waals surface area contributed by atoms with E-state index in [1.807, 2.05) is 0 Å². The number of hydrogen-bond donors (Lipinski definition) is 1. The van der Waals surface area contributed by atoms with E-state index < -0.39 is 0 Å². The van der Waals surface area contributed by atoms with E-state index in [0.717, 1.165) is 0 Å². The zero-order valence-electron chi connectivity index (χ0n) is 9.67. The zero-order chi connectivity index (χ0) is 12.3. The van der Waals surface area contributed by atoms with Gasteiger partial charge in [0, 0.05) is 39.3 Å². The second-order valence-corrected chi connectivity index (χ2v) is 3.60. The molecule has 0 unspecified atom stereocenters. The van der Waals surface area contributed by atoms with E-state index in [1.165, 1.54) is 4.57 Å². The highest BCUT2D eigenvalue weighted by molar-refractivity contribution is 5.30. The van der Waals surface area contributed by atoms with Gasteiger partial charge in [-0.25, -0.2) is 4.98 Å². The molecule has 2 rings (SSSR count). The van der Waals surface area contributed by atoms with Gasteiger partial charge in [-0.05, 0) is 0 Å². The molecule has 0 aliphatic rings. The number of nitrogens with zero attached hydrogens (tertiary/aromatic N) is 4. The van der Waals surface area contributed by atoms with Gasteiger partial charge in [-0.1, -0.05) is 5.16 Å². The van der Waals surface area contributed by atoms with E-state index in [2.05, 4.69) is 20.4 Å². The minimum absolute atomic E-state index is 0.156. The predicted molar refractivity (Wildman–Crippen MR) is 60.7 cm³/mol. The lowest BCUT2D eigenvalue weighted by atomic mass is 10.4. The molecule has 0 radical (unpaired) electrons. The Kier molecular flexibility index (Phi) is 3.17. The van der Waals surface area contributed by atoms with Gasteiger partial charge in [-0.15, -0.1) is 0 Å². The molecule has 0 bridgehead atoms. The van der Waals surface area contributed by atoms with Crippen LogP contribution in [0.15, 0.2) is 21.7 Å². The summed E-state index contributed by atoms with van der Waals surface area (Å²) in [5.74, 6) is 1.48. The van der Waals surface area contributed by atoms with Crippen molar-refractivity contribution < 1.29 is 4.52 Å². The van der Waals surface area contributed by atoms with Crippen LogP contribution in [0, 0.1) is 6.92 Å². The van der Waals surface area contributed by atoms with Gasteiger partial charge < -0.3 is 14.4 Å². The van der Waals surface area contributed by atoms with Gasteiger partial charge in [-0.2, -0.15) is 4.98 Å². The molecular weight excluding hydrogens is 222 g/mol. The first-order chi connectivity index (χ1) is 8.16. The minimum Gasteiger partial charge on any atom is -0.365 e. The Morgan fingerprint density at radius 3 is 3.06 bits per heavy atom. The van der Waals surface area contributed by atoms with Crippen molar-refractivity contribution in [2.45, 2.75) is 13.3 Å². The lowest BCUT2D eigenvalue weighted by molar-refractivity contribution is 0.387. The number of rotatable bonds is 4. The molecule has 2 heterocycles. The van der Waals surface area contributed by atoms with Gasteiger partial charge >= 0.3 is 0 Å². The molecule has 0 saturated heterocycles. The summed E-state index contributed by atoms with van der Waals surface area (Å²) in [7, 11) is 1.68. The van der Waals surface area contributed by atoms with E-state index in [4.69, 9.17) is 4.52 Å². The van der Waals surface area contributed by atoms with Crippen LogP contribution in [0.3, 0.4) is 0 Å². The van der Waals surface area contributed by atoms with E-state index >= 15 is 0 Å². The Labute approximate surface area is 97.5 Å². The molecule has 2 aromatic heterocycles. The molecule has 0 amide bonds. The zero-order valence-corrected chi connectivity index (χ0v) is 9.67. The van der Waals surface area contributed by atoms with Gasteiger partial charge in [0.2, 0.25) is 5.89 Å². The van der Waals surface area contributed by atoms with Crippen LogP contribution in [0.1, 0.15) is 11.7 Å². The number of hydrogen-bond acceptors (Lipinski definition) is 6. The summed E-state index contributed by atoms with van der Waals surface area (Å²) in [6, 6.07) is 0. The summed E-state index contributed by atoms with van der Waals surface area (Å²) < 4.78 is 6.31. The van der Waals surface area contributed by atoms with E-state index in [-0.39, 0.29) is 5.56 Å². The van der Waals surface area contributed by atoms with Crippen molar-refractivity contribution in [3.8, 4) is 0 Å². The number of aryl methyl sites for hydroxylation is 2. The molecule has 0 aliphatic carbocycles. The van der Waals surface area contributed by atoms with Gasteiger partial charge in [0.1, 0.15) is 0 Å². The number of anilines is 1. The van der Waals surface area contributed by atoms with E-state index in [1.54, 1.807) is 26.4 Å². The standard InChI is InChI=1S/C10H13N5O2/c1-7-13-8(14-17-7)3-4-11-9-10(16)15(2)6-5-12-9/h5-6H,3-4H2,1-2H3,(H,11,12). The first kappa shape index (κ1) is 11.3. The average Bonchev–Trinajstić information content (AvgIpc) is 2.70. The molecule has 7 heteroatoms. The van der Waals surface area contributed by atoms with Crippen LogP contribution in [-0.2, 0) is 13.5 Å². The third kappa shape index (κ3) is 2.68. The summed E-state index contributed by atoms with van der Waals surface area (Å²) in [6.45, 7) is 2.27. The third-order valence-electron chi connectivity index (χ3n) is 2.23. The van der Waals surface area contributed by atoms with Crippen LogP contribution >= 0.6 is 0 Å². The monoisotopic (exact) mass is 235 g/mol. The Morgan fingerprint density at radius 1 is 1.53 bits per heavy atom. The van der Waals surface area contributed by atoms with Crippen LogP contribution in [0.2, 0.25) is 0 Å². The van der Waals surface area contributed by atoms with Crippen LogP contribution in [0.4, 0.5) is 5.82 Å². The largest absolute Gasteiger partial charge is 0.365 e. The molecule has 90 valence electrons. The predicted octanol–water partition coefficient (Wildman–Crippen LogP) is 0.126. The summed E-state index contributed by atoms with van der Waals surface area (Å²) in [4.78, 5) is 19.6. The number of aromatic nitrogens is 4. The second-order valence-electron chi connectivity index (χ2n) is 3.60. The summed E-state index contributed by atoms with van der Waals surface area (Å²) in [5.41, 5.74) is -0.156. The van der Waals surface area contributed by atoms with Crippen molar-refractivity contribution in [1.29, 1.82) is 0 Å². The first-order valence-corrected chi connectivity index (χ1v) is 5.21. The van der Waals surface area contributed by atoms with Gasteiger partial charge in [0.05, 0.1) is 0 Å². The normalized spacial score (nSPS) is 10.5. The molecule has 17 heavy (non-hydrogen) atoms. The molecule has 0 spiro atoms. The van der Waals surface area contributed by atoms with Crippen LogP contribution in [-0.4, -0.2) is 26.2 Å². The Balaban J connectivity index is 1.94. The SMILES string of the molecule is Cc1nc(CCNc2nccn(C)c2=O)no1. The first-order valence-electron chi connectivity index (χ1n) is 5.21. The Bertz CT molecular complexity index is 560. The van der Waals surface area contributed by atoms with Crippen molar-refractivity contribution in [1.82, 2.24) is 19.7 Å². The second kappa shape index (κ2) is 4.77. The third-order valence-corrected chi connectivity index (χ3v) is 2.23. The van der Waals surface area contributed by atoms with Crippen molar-refractivity contribution in [2.24, 2.45) is 7.05 Å². The molecular formula is C10H13N5O2. The topological polar surface area (TPSA) is 85.8 Å². The van der Waals surface area contributed by atoms with Crippen LogP contribution in [0.5, 0.6) is 0 Å². The van der Waals surface area contributed by atoms with Gasteiger partial charge in [-0.3, -0.25) is 4.79 Å². The van der Waals surface area contributed by atoms with E-state index in [0.29, 0.717) is 30.5 Å². The molecule has 1 N–H and O–H groups in total. The van der Waals surface area contributed by atoms with Gasteiger partial charge in [0.25, 0.3) is 5.56 Å². The quantitative estimate of drug-likeness (QED) is 0.810. The molecule has 0 aromatic carbocycles. The fraction of sp³-hybridized carbons (Fsp3) is 0.400. The van der Waals surface area contributed by atoms with Crippen molar-refractivity contribution in [3.63, 3.8) is 0 Å². The highest BCUT2D eigenvalue weighted by Gasteiger charge is 2.04. The molecule has 0 saturated carbocycles. The Morgan fingerprint density at radius 2 is 2.35 bits per heavy atom. The Hall–Kier alpha value is -2.18. The summed E-state index contributed by atoms with van der Waals surface area (Å²) in [6.07, 6.45) is 3.76. The fourth-order valence-electron chi connectivity index (χ4n) is 1.35. The molecule has 7 nitrogen and oxygen atoms in total. The van der Waals surface area contributed by atoms with Crippen molar-refractivity contribution in [2.75, 3.05) is 11.9 Å². The highest BCUT2D eigenvalue weighted by atomic mass is 16.5. The number of nitrogens with one attached hydrogen (secondary N) is 1. The maximum absolute atomic E-state index is 11.6. The van der Waals surface area contributed by atoms with Crippen molar-refractivity contribution in [3.05, 3.63) is 34.5 Å². The lowest BCUT2D eigenvalue weighted by Crippen LogP contribution is -2.22. The van der Waals surface area contributed by atoms with Crippen LogP contribution < -0.4 is 10.9 Å². The minimum atomic E-state index is -0.156. The molecule has 0 atom stereocenters. The summed E-state index contributed by atoms with van der Waals surface area (Å²) in [5, 5.41) is 6.70. The maximum atomic E-state index is 11.6. The van der Waals surface area contributed by atoms with Crippen molar-refractivity contribution >= 4 is 5.82 Å². The summed E-state index contributed by atoms with van der Waals surface area (Å²) >= 11 is 0. The smallest absolute Gasteiger partial charge is 0.293 e. The molecule has 0 aliphatic heterocycles. The van der Waals surface area contributed by atoms with Crippen LogP contribution in [0.25, 0.3) is 0 Å². The highest BCUT2D eigenvalue weighted by Crippen LogP contribution is 1.97. The van der Waals surface area contributed by atoms with Gasteiger partial charge in [0.15, 0.2) is 11.6 Å². The average molecular weight is 235 g/mol. The lowest BCUT2D eigenvalue weighted by Gasteiger charge is -2.03. The fourth-order valence-corrected chi connectivity index (χ4v) is 1.35. The maximum Gasteiger partial charge on any atom is 0.293 e.